The van der Waals surface area contributed by atoms with Gasteiger partial charge in [0.15, 0.2) is 0 Å². The molecule has 1 saturated carbocycles. The van der Waals surface area contributed by atoms with E-state index in [9.17, 15) is 9.18 Å². The second kappa shape index (κ2) is 9.49. The number of hydrogen-bond acceptors (Lipinski definition) is 6. The second-order valence-electron chi connectivity index (χ2n) is 9.22. The van der Waals surface area contributed by atoms with Crippen LogP contribution in [0, 0.1) is 5.82 Å². The molecule has 1 aromatic heterocycles. The Kier molecular flexibility index (Phi) is 6.06. The number of halogens is 1. The van der Waals surface area contributed by atoms with Crippen molar-refractivity contribution in [2.75, 3.05) is 36.1 Å². The van der Waals surface area contributed by atoms with Gasteiger partial charge in [-0.15, -0.1) is 0 Å². The molecule has 8 heteroatoms. The molecule has 1 saturated heterocycles. The van der Waals surface area contributed by atoms with E-state index in [0.717, 1.165) is 55.2 Å². The van der Waals surface area contributed by atoms with Crippen LogP contribution in [-0.2, 0) is 13.0 Å². The van der Waals surface area contributed by atoms with Gasteiger partial charge in [-0.3, -0.25) is 4.79 Å². The van der Waals surface area contributed by atoms with E-state index in [4.69, 9.17) is 9.72 Å². The molecule has 6 rings (SSSR count). The van der Waals surface area contributed by atoms with Crippen molar-refractivity contribution in [3.8, 4) is 17.0 Å². The van der Waals surface area contributed by atoms with Gasteiger partial charge >= 0.3 is 0 Å². The molecule has 1 amide bonds. The van der Waals surface area contributed by atoms with Crippen LogP contribution in [0.2, 0.25) is 0 Å². The van der Waals surface area contributed by atoms with Crippen molar-refractivity contribution in [2.24, 2.45) is 0 Å². The number of thioether (sulfide) groups is 1. The summed E-state index contributed by atoms with van der Waals surface area (Å²) in [6.07, 6.45) is 4.43. The van der Waals surface area contributed by atoms with Crippen molar-refractivity contribution in [1.29, 1.82) is 0 Å². The van der Waals surface area contributed by atoms with Gasteiger partial charge in [0.2, 0.25) is 5.95 Å². The molecule has 0 radical (unpaired) electrons. The van der Waals surface area contributed by atoms with Gasteiger partial charge in [0.05, 0.1) is 17.9 Å². The Balaban J connectivity index is 1.36. The molecule has 0 bridgehead atoms. The van der Waals surface area contributed by atoms with Crippen LogP contribution in [0.5, 0.6) is 5.75 Å². The number of nitrogens with zero attached hydrogens (tertiary/aromatic N) is 4. The van der Waals surface area contributed by atoms with Crippen molar-refractivity contribution in [1.82, 2.24) is 14.9 Å². The molecule has 0 spiro atoms. The molecule has 2 fully saturated rings. The normalized spacial score (nSPS) is 17.1. The summed E-state index contributed by atoms with van der Waals surface area (Å²) >= 11 is 1.90. The van der Waals surface area contributed by atoms with E-state index in [1.54, 1.807) is 24.4 Å². The third-order valence-corrected chi connectivity index (χ3v) is 7.73. The van der Waals surface area contributed by atoms with Crippen LogP contribution in [0.4, 0.5) is 10.3 Å². The lowest BCUT2D eigenvalue weighted by atomic mass is 10.0. The molecular formula is C27H27FN4O2S. The van der Waals surface area contributed by atoms with E-state index < -0.39 is 5.82 Å². The van der Waals surface area contributed by atoms with Gasteiger partial charge in [0.1, 0.15) is 11.6 Å². The van der Waals surface area contributed by atoms with Gasteiger partial charge in [0, 0.05) is 55.4 Å². The van der Waals surface area contributed by atoms with Crippen LogP contribution in [-0.4, -0.2) is 58.0 Å². The van der Waals surface area contributed by atoms with Crippen molar-refractivity contribution in [3.63, 3.8) is 0 Å². The number of benzene rings is 2. The summed E-state index contributed by atoms with van der Waals surface area (Å²) in [6, 6.07) is 12.9. The van der Waals surface area contributed by atoms with E-state index in [-0.39, 0.29) is 11.9 Å². The fourth-order valence-corrected chi connectivity index (χ4v) is 5.65. The first-order valence-electron chi connectivity index (χ1n) is 12.2. The number of carbonyl (C=O) groups is 1. The summed E-state index contributed by atoms with van der Waals surface area (Å²) in [7, 11) is 0. The molecule has 35 heavy (non-hydrogen) atoms. The van der Waals surface area contributed by atoms with Crippen molar-refractivity contribution >= 4 is 23.6 Å². The highest BCUT2D eigenvalue weighted by Gasteiger charge is 2.35. The van der Waals surface area contributed by atoms with Crippen LogP contribution < -0.4 is 9.64 Å². The minimum absolute atomic E-state index is 0.150. The van der Waals surface area contributed by atoms with Gasteiger partial charge in [-0.2, -0.15) is 11.8 Å². The fraction of sp³-hybridized carbons (Fsp3) is 0.370. The summed E-state index contributed by atoms with van der Waals surface area (Å²) in [5.41, 5.74) is 3.30. The predicted molar refractivity (Wildman–Crippen MR) is 136 cm³/mol. The molecule has 0 unspecified atom stereocenters. The van der Waals surface area contributed by atoms with Gasteiger partial charge in [-0.25, -0.2) is 14.4 Å². The van der Waals surface area contributed by atoms with Crippen LogP contribution in [0.25, 0.3) is 11.3 Å². The Morgan fingerprint density at radius 2 is 2.00 bits per heavy atom. The zero-order valence-electron chi connectivity index (χ0n) is 19.5. The maximum atomic E-state index is 14.9. The van der Waals surface area contributed by atoms with Crippen molar-refractivity contribution in [3.05, 3.63) is 71.2 Å². The zero-order chi connectivity index (χ0) is 23.8. The number of rotatable bonds is 6. The second-order valence-corrected chi connectivity index (χ2v) is 10.4. The minimum atomic E-state index is -0.392. The average Bonchev–Trinajstić information content (AvgIpc) is 3.64. The topological polar surface area (TPSA) is 58.6 Å². The lowest BCUT2D eigenvalue weighted by molar-refractivity contribution is 0.0730. The molecule has 3 aromatic rings. The van der Waals surface area contributed by atoms with Crippen LogP contribution in [0.1, 0.15) is 34.3 Å². The molecule has 0 N–H and O–H groups in total. The molecule has 2 aliphatic heterocycles. The number of amides is 1. The molecule has 3 aliphatic rings. The Morgan fingerprint density at radius 3 is 2.80 bits per heavy atom. The molecule has 6 nitrogen and oxygen atoms in total. The summed E-state index contributed by atoms with van der Waals surface area (Å²) in [5.74, 6) is 2.94. The van der Waals surface area contributed by atoms with Crippen LogP contribution in [0.3, 0.4) is 0 Å². The lowest BCUT2D eigenvalue weighted by Crippen LogP contribution is -2.35. The summed E-state index contributed by atoms with van der Waals surface area (Å²) in [6.45, 7) is 2.88. The maximum absolute atomic E-state index is 14.9. The highest BCUT2D eigenvalue weighted by Crippen LogP contribution is 2.34. The van der Waals surface area contributed by atoms with Crippen LogP contribution >= 0.6 is 11.8 Å². The number of aromatic nitrogens is 2. The number of ether oxygens (including phenoxy) is 1. The average molecular weight is 491 g/mol. The fourth-order valence-electron chi connectivity index (χ4n) is 4.75. The summed E-state index contributed by atoms with van der Waals surface area (Å²) in [5, 5.41) is 0. The molecule has 2 aromatic carbocycles. The number of hydrogen-bond donors (Lipinski definition) is 0. The third-order valence-electron chi connectivity index (χ3n) is 6.78. The first kappa shape index (κ1) is 22.3. The SMILES string of the molecule is O=C(c1cnc(N2CCSCC2)nc1-c1ccccc1F)N(Cc1ccc2c(c1)CCO2)C1CC1. The molecule has 0 atom stereocenters. The standard InChI is InChI=1S/C27H27FN4O2S/c28-23-4-2-1-3-21(23)25-22(16-29-27(30-25)31-10-13-35-14-11-31)26(33)32(20-6-7-20)17-18-5-8-24-19(15-18)9-12-34-24/h1-5,8,15-16,20H,6-7,9-14,17H2. The van der Waals surface area contributed by atoms with E-state index in [1.807, 2.05) is 28.8 Å². The molecule has 1 aliphatic carbocycles. The predicted octanol–water partition coefficient (Wildman–Crippen LogP) is 4.58. The highest BCUT2D eigenvalue weighted by atomic mass is 32.2. The number of fused-ring (bicyclic) bond motifs is 1. The quantitative estimate of drug-likeness (QED) is 0.504. The summed E-state index contributed by atoms with van der Waals surface area (Å²) < 4.78 is 20.6. The Hall–Kier alpha value is -3.13. The first-order chi connectivity index (χ1) is 17.2. The lowest BCUT2D eigenvalue weighted by Gasteiger charge is -2.28. The molecule has 180 valence electrons. The minimum Gasteiger partial charge on any atom is -0.493 e. The van der Waals surface area contributed by atoms with Crippen LogP contribution in [0.15, 0.2) is 48.7 Å². The zero-order valence-corrected chi connectivity index (χ0v) is 20.3. The van der Waals surface area contributed by atoms with Crippen molar-refractivity contribution < 1.29 is 13.9 Å². The smallest absolute Gasteiger partial charge is 0.258 e. The van der Waals surface area contributed by atoms with E-state index in [2.05, 4.69) is 16.0 Å². The maximum Gasteiger partial charge on any atom is 0.258 e. The third kappa shape index (κ3) is 4.59. The Labute approximate surface area is 208 Å². The van der Waals surface area contributed by atoms with E-state index in [0.29, 0.717) is 35.9 Å². The largest absolute Gasteiger partial charge is 0.493 e. The molecular weight excluding hydrogens is 463 g/mol. The van der Waals surface area contributed by atoms with Gasteiger partial charge in [-0.1, -0.05) is 24.3 Å². The Bertz CT molecular complexity index is 1260. The van der Waals surface area contributed by atoms with Gasteiger partial charge in [-0.05, 0) is 42.2 Å². The van der Waals surface area contributed by atoms with Crippen molar-refractivity contribution in [2.45, 2.75) is 31.8 Å². The summed E-state index contributed by atoms with van der Waals surface area (Å²) in [4.78, 5) is 27.3. The molecule has 3 heterocycles. The van der Waals surface area contributed by atoms with E-state index in [1.165, 1.54) is 11.6 Å². The highest BCUT2D eigenvalue weighted by molar-refractivity contribution is 7.99. The first-order valence-corrected chi connectivity index (χ1v) is 13.3. The Morgan fingerprint density at radius 1 is 1.17 bits per heavy atom. The van der Waals surface area contributed by atoms with Gasteiger partial charge < -0.3 is 14.5 Å². The monoisotopic (exact) mass is 490 g/mol. The van der Waals surface area contributed by atoms with Gasteiger partial charge in [0.25, 0.3) is 5.91 Å². The number of anilines is 1. The van der Waals surface area contributed by atoms with E-state index >= 15 is 0 Å². The number of carbonyl (C=O) groups excluding carboxylic acids is 1.